The van der Waals surface area contributed by atoms with E-state index in [1.54, 1.807) is 0 Å². The predicted molar refractivity (Wildman–Crippen MR) is 119 cm³/mol. The lowest BCUT2D eigenvalue weighted by Crippen LogP contribution is -2.74. The number of benzene rings is 1. The van der Waals surface area contributed by atoms with Gasteiger partial charge in [-0.2, -0.15) is 5.10 Å². The lowest BCUT2D eigenvalue weighted by atomic mass is 9.70. The van der Waals surface area contributed by atoms with Crippen molar-refractivity contribution in [2.45, 2.75) is 50.9 Å². The van der Waals surface area contributed by atoms with Crippen molar-refractivity contribution >= 4 is 16.7 Å². The van der Waals surface area contributed by atoms with Crippen molar-refractivity contribution < 1.29 is 18.7 Å². The van der Waals surface area contributed by atoms with Crippen LogP contribution in [0.1, 0.15) is 61.3 Å². The maximum Gasteiger partial charge on any atom is 0.649 e. The molecule has 6 heteroatoms. The summed E-state index contributed by atoms with van der Waals surface area (Å²) >= 11 is 0. The fourth-order valence-corrected chi connectivity index (χ4v) is 7.24. The van der Waals surface area contributed by atoms with Gasteiger partial charge in [0.2, 0.25) is 0 Å². The highest BCUT2D eigenvalue weighted by atomic mass is 16.6. The van der Waals surface area contributed by atoms with E-state index < -0.39 is 5.97 Å². The van der Waals surface area contributed by atoms with Crippen molar-refractivity contribution in [1.82, 2.24) is 9.78 Å². The molecule has 0 amide bonds. The van der Waals surface area contributed by atoms with Crippen molar-refractivity contribution in [3.05, 3.63) is 77.9 Å². The summed E-state index contributed by atoms with van der Waals surface area (Å²) in [5.41, 5.74) is 5.37. The monoisotopic (exact) mass is 436 g/mol. The number of esters is 1. The number of nitrogens with zero attached hydrogens (tertiary/aromatic N) is 4. The van der Waals surface area contributed by atoms with E-state index in [-0.39, 0.29) is 16.8 Å². The topological polar surface area (TPSA) is 51.9 Å². The van der Waals surface area contributed by atoms with Gasteiger partial charge in [0.25, 0.3) is 5.69 Å². The second-order valence-electron chi connectivity index (χ2n) is 10.7. The van der Waals surface area contributed by atoms with Gasteiger partial charge >= 0.3 is 17.6 Å². The molecule has 5 heterocycles. The molecule has 3 atom stereocenters. The molecule has 2 bridgehead atoms. The number of carbonyl (C=O) groups is 1. The first kappa shape index (κ1) is 18.0. The van der Waals surface area contributed by atoms with Gasteiger partial charge < -0.3 is 4.74 Å². The third kappa shape index (κ3) is 1.66. The van der Waals surface area contributed by atoms with Crippen LogP contribution in [0.5, 0.6) is 0 Å². The highest BCUT2D eigenvalue weighted by Crippen LogP contribution is 2.69. The number of pyridine rings is 2. The highest BCUT2D eigenvalue weighted by Gasteiger charge is 2.75. The normalized spacial score (nSPS) is 29.3. The van der Waals surface area contributed by atoms with Gasteiger partial charge in [0.1, 0.15) is 0 Å². The molecule has 2 aliphatic carbocycles. The Labute approximate surface area is 191 Å². The van der Waals surface area contributed by atoms with Crippen LogP contribution in [0.4, 0.5) is 0 Å². The van der Waals surface area contributed by atoms with E-state index in [2.05, 4.69) is 55.7 Å². The average molecular weight is 437 g/mol. The molecule has 8 rings (SSSR count). The Hall–Kier alpha value is -3.54. The maximum absolute atomic E-state index is 13.1. The molecule has 0 N–H and O–H groups in total. The number of fused-ring (bicyclic) bond motifs is 15. The van der Waals surface area contributed by atoms with Crippen LogP contribution in [0.25, 0.3) is 22.2 Å². The summed E-state index contributed by atoms with van der Waals surface area (Å²) in [5, 5.41) is 7.62. The van der Waals surface area contributed by atoms with Crippen LogP contribution in [-0.2, 0) is 16.1 Å². The molecule has 1 spiro atoms. The largest absolute Gasteiger partial charge is 0.649 e. The van der Waals surface area contributed by atoms with E-state index in [0.717, 1.165) is 29.6 Å². The quantitative estimate of drug-likeness (QED) is 0.313. The lowest BCUT2D eigenvalue weighted by Gasteiger charge is -2.34. The fraction of sp³-hybridized carbons (Fsp3) is 0.333. The Balaban J connectivity index is 1.57. The van der Waals surface area contributed by atoms with Crippen LogP contribution in [0.3, 0.4) is 0 Å². The Morgan fingerprint density at radius 3 is 2.73 bits per heavy atom. The van der Waals surface area contributed by atoms with E-state index in [4.69, 9.17) is 9.84 Å². The van der Waals surface area contributed by atoms with Gasteiger partial charge in [0.05, 0.1) is 11.1 Å². The van der Waals surface area contributed by atoms with Crippen molar-refractivity contribution in [2.24, 2.45) is 5.41 Å². The third-order valence-electron chi connectivity index (χ3n) is 9.31. The Bertz CT molecular complexity index is 1580. The summed E-state index contributed by atoms with van der Waals surface area (Å²) in [5.74, 6) is -1.10. The van der Waals surface area contributed by atoms with Gasteiger partial charge in [0.15, 0.2) is 18.1 Å². The smallest absolute Gasteiger partial charge is 0.313 e. The number of hydrogen-bond acceptors (Lipinski definition) is 3. The van der Waals surface area contributed by atoms with Gasteiger partial charge in [0, 0.05) is 29.2 Å². The van der Waals surface area contributed by atoms with Gasteiger partial charge in [-0.05, 0) is 41.7 Å². The number of rotatable bonds is 0. The van der Waals surface area contributed by atoms with Gasteiger partial charge in [-0.25, -0.2) is 4.79 Å². The van der Waals surface area contributed by atoms with E-state index in [0.29, 0.717) is 11.6 Å². The number of ether oxygens (including phenoxy) is 1. The molecule has 0 saturated heterocycles. The summed E-state index contributed by atoms with van der Waals surface area (Å²) in [7, 11) is 0. The summed E-state index contributed by atoms with van der Waals surface area (Å²) in [6.07, 6.45) is 6.27. The van der Waals surface area contributed by atoms with E-state index in [1.807, 2.05) is 39.8 Å². The van der Waals surface area contributed by atoms with E-state index in [9.17, 15) is 4.79 Å². The summed E-state index contributed by atoms with van der Waals surface area (Å²) < 4.78 is 12.3. The first-order valence-electron chi connectivity index (χ1n) is 11.7. The van der Waals surface area contributed by atoms with E-state index in [1.165, 1.54) is 16.6 Å². The zero-order chi connectivity index (χ0) is 22.3. The minimum Gasteiger partial charge on any atom is -0.313 e. The molecule has 2 aliphatic heterocycles. The summed E-state index contributed by atoms with van der Waals surface area (Å²) in [6.45, 7) is 7.16. The molecule has 6 nitrogen and oxygen atoms in total. The first-order chi connectivity index (χ1) is 15.9. The van der Waals surface area contributed by atoms with E-state index >= 15 is 0 Å². The zero-order valence-corrected chi connectivity index (χ0v) is 18.9. The fourth-order valence-electron chi connectivity index (χ4n) is 7.24. The molecular weight excluding hydrogens is 412 g/mol. The van der Waals surface area contributed by atoms with Gasteiger partial charge in [-0.3, -0.25) is 0 Å². The molecule has 1 fully saturated rings. The minimum atomic E-state index is -1.20. The maximum atomic E-state index is 13.1. The molecular formula is C27H24N4O2+2. The predicted octanol–water partition coefficient (Wildman–Crippen LogP) is 3.60. The summed E-state index contributed by atoms with van der Waals surface area (Å²) in [6, 6.07) is 16.2. The number of hydrogen-bond donors (Lipinski definition) is 0. The lowest BCUT2D eigenvalue weighted by molar-refractivity contribution is -1.02. The molecule has 1 saturated carbocycles. The van der Waals surface area contributed by atoms with Crippen LogP contribution in [-0.4, -0.2) is 15.7 Å². The molecule has 162 valence electrons. The van der Waals surface area contributed by atoms with Crippen LogP contribution in [0, 0.1) is 5.41 Å². The SMILES string of the molecule is CC12CCC(c3c1nn1c3-c3c4ccccc4cc[n+]3C13OC(=O)c1cccc[n+]13)C2(C)C. The van der Waals surface area contributed by atoms with Crippen LogP contribution >= 0.6 is 0 Å². The van der Waals surface area contributed by atoms with Crippen LogP contribution < -0.4 is 9.13 Å². The highest BCUT2D eigenvalue weighted by molar-refractivity contribution is 5.94. The Morgan fingerprint density at radius 1 is 1.03 bits per heavy atom. The molecule has 33 heavy (non-hydrogen) atoms. The van der Waals surface area contributed by atoms with Crippen LogP contribution in [0.2, 0.25) is 0 Å². The molecule has 1 aromatic carbocycles. The number of aromatic nitrogens is 4. The molecule has 4 aromatic rings. The molecule has 4 aliphatic rings. The molecule has 3 unspecified atom stereocenters. The minimum absolute atomic E-state index is 0.00768. The van der Waals surface area contributed by atoms with Crippen molar-refractivity contribution in [3.63, 3.8) is 0 Å². The first-order valence-corrected chi connectivity index (χ1v) is 11.7. The Kier molecular flexibility index (Phi) is 2.81. The van der Waals surface area contributed by atoms with Gasteiger partial charge in [-0.15, -0.1) is 0 Å². The standard InChI is InChI=1S/C27H24N4O2/c1-25(2)18-11-13-26(25,3)23-20(18)22-21-17-9-5-4-8-16(17)12-15-30(21)27(31(22)28-23)29-14-7-6-10-19(29)24(32)33-27/h4-10,12,14-15,18H,11,13H2,1-3H3/q+2. The number of carbonyl (C=O) groups excluding carboxylic acids is 1. The van der Waals surface area contributed by atoms with Crippen molar-refractivity contribution in [2.75, 3.05) is 0 Å². The van der Waals surface area contributed by atoms with Crippen molar-refractivity contribution in [3.8, 4) is 11.4 Å². The third-order valence-corrected chi connectivity index (χ3v) is 9.31. The van der Waals surface area contributed by atoms with Gasteiger partial charge in [-0.1, -0.05) is 52.8 Å². The van der Waals surface area contributed by atoms with Crippen LogP contribution in [0.15, 0.2) is 60.9 Å². The Morgan fingerprint density at radius 2 is 1.85 bits per heavy atom. The molecule has 3 aromatic heterocycles. The molecule has 0 radical (unpaired) electrons. The summed E-state index contributed by atoms with van der Waals surface area (Å²) in [4.78, 5) is 13.1. The second kappa shape index (κ2) is 5.16. The average Bonchev–Trinajstić information content (AvgIpc) is 3.52. The zero-order valence-electron chi connectivity index (χ0n) is 18.9. The van der Waals surface area contributed by atoms with Crippen molar-refractivity contribution in [1.29, 1.82) is 0 Å². The second-order valence-corrected chi connectivity index (χ2v) is 10.7.